The second-order valence-electron chi connectivity index (χ2n) is 7.54. The van der Waals surface area contributed by atoms with Gasteiger partial charge in [-0.25, -0.2) is 13.2 Å². The highest BCUT2D eigenvalue weighted by Gasteiger charge is 2.19. The van der Waals surface area contributed by atoms with Crippen LogP contribution in [0.25, 0.3) is 21.8 Å². The van der Waals surface area contributed by atoms with Gasteiger partial charge in [0, 0.05) is 34.0 Å². The SMILES string of the molecule is CCOC(=O)Nc1cc(S(=O)(=O)Nc2ccc3c(c2)c2ccccc2n3CC)ccc1OCC. The quantitative estimate of drug-likeness (QED) is 0.342. The van der Waals surface area contributed by atoms with Gasteiger partial charge < -0.3 is 14.0 Å². The molecule has 3 aromatic carbocycles. The summed E-state index contributed by atoms with van der Waals surface area (Å²) in [6.45, 7) is 6.90. The predicted octanol–water partition coefficient (Wildman–Crippen LogP) is 5.58. The highest BCUT2D eigenvalue weighted by molar-refractivity contribution is 7.92. The van der Waals surface area contributed by atoms with Crippen molar-refractivity contribution in [2.75, 3.05) is 23.3 Å². The van der Waals surface area contributed by atoms with Crippen LogP contribution in [-0.2, 0) is 21.3 Å². The zero-order valence-corrected chi connectivity index (χ0v) is 20.1. The minimum absolute atomic E-state index is 0.0150. The first-order chi connectivity index (χ1) is 16.4. The molecule has 1 aromatic heterocycles. The number of nitrogens with zero attached hydrogens (tertiary/aromatic N) is 1. The van der Waals surface area contributed by atoms with Gasteiger partial charge in [-0.15, -0.1) is 0 Å². The molecule has 1 heterocycles. The average Bonchev–Trinajstić information content (AvgIpc) is 3.13. The van der Waals surface area contributed by atoms with E-state index in [-0.39, 0.29) is 17.2 Å². The summed E-state index contributed by atoms with van der Waals surface area (Å²) >= 11 is 0. The van der Waals surface area contributed by atoms with Crippen LogP contribution >= 0.6 is 0 Å². The lowest BCUT2D eigenvalue weighted by Gasteiger charge is -2.14. The van der Waals surface area contributed by atoms with Crippen LogP contribution in [0.5, 0.6) is 5.75 Å². The fourth-order valence-corrected chi connectivity index (χ4v) is 5.08. The lowest BCUT2D eigenvalue weighted by Crippen LogP contribution is -2.16. The number of benzene rings is 3. The van der Waals surface area contributed by atoms with Crippen molar-refractivity contribution in [1.29, 1.82) is 0 Å². The summed E-state index contributed by atoms with van der Waals surface area (Å²) in [7, 11) is -3.94. The van der Waals surface area contributed by atoms with E-state index < -0.39 is 16.1 Å². The Labute approximate surface area is 198 Å². The molecular formula is C25H27N3O5S. The minimum atomic E-state index is -3.94. The van der Waals surface area contributed by atoms with Gasteiger partial charge in [0.1, 0.15) is 5.75 Å². The summed E-state index contributed by atoms with van der Waals surface area (Å²) in [5.41, 5.74) is 2.79. The van der Waals surface area contributed by atoms with E-state index in [9.17, 15) is 13.2 Å². The molecule has 0 bridgehead atoms. The molecule has 0 radical (unpaired) electrons. The molecule has 0 saturated heterocycles. The molecule has 2 N–H and O–H groups in total. The normalized spacial score (nSPS) is 11.5. The molecule has 34 heavy (non-hydrogen) atoms. The average molecular weight is 482 g/mol. The van der Waals surface area contributed by atoms with Gasteiger partial charge >= 0.3 is 6.09 Å². The molecular weight excluding hydrogens is 454 g/mol. The van der Waals surface area contributed by atoms with E-state index in [0.717, 1.165) is 28.4 Å². The first-order valence-corrected chi connectivity index (χ1v) is 12.6. The number of carbonyl (C=O) groups is 1. The second-order valence-corrected chi connectivity index (χ2v) is 9.22. The van der Waals surface area contributed by atoms with Crippen molar-refractivity contribution in [2.24, 2.45) is 0 Å². The Kier molecular flexibility index (Phi) is 6.65. The zero-order valence-electron chi connectivity index (χ0n) is 19.3. The van der Waals surface area contributed by atoms with Crippen LogP contribution in [0.1, 0.15) is 20.8 Å². The third kappa shape index (κ3) is 4.51. The summed E-state index contributed by atoms with van der Waals surface area (Å²) in [6, 6.07) is 17.9. The number of hydrogen-bond donors (Lipinski definition) is 2. The molecule has 0 aliphatic heterocycles. The van der Waals surface area contributed by atoms with E-state index in [0.29, 0.717) is 18.0 Å². The monoisotopic (exact) mass is 481 g/mol. The molecule has 0 aliphatic carbocycles. The molecule has 0 aliphatic rings. The maximum Gasteiger partial charge on any atom is 0.411 e. The number of rotatable bonds is 8. The summed E-state index contributed by atoms with van der Waals surface area (Å²) in [4.78, 5) is 11.9. The lowest BCUT2D eigenvalue weighted by atomic mass is 10.1. The van der Waals surface area contributed by atoms with Gasteiger partial charge in [-0.1, -0.05) is 18.2 Å². The van der Waals surface area contributed by atoms with Gasteiger partial charge in [-0.2, -0.15) is 0 Å². The van der Waals surface area contributed by atoms with Gasteiger partial charge in [-0.05, 0) is 63.2 Å². The number of anilines is 2. The standard InChI is InChI=1S/C25H27N3O5S/c1-4-28-22-10-8-7-9-19(22)20-15-17(11-13-23(20)28)27-34(30,31)18-12-14-24(32-5-2)21(16-18)26-25(29)33-6-3/h7-16,27H,4-6H2,1-3H3,(H,26,29). The van der Waals surface area contributed by atoms with E-state index >= 15 is 0 Å². The van der Waals surface area contributed by atoms with E-state index in [4.69, 9.17) is 9.47 Å². The molecule has 178 valence electrons. The van der Waals surface area contributed by atoms with Crippen LogP contribution in [0.3, 0.4) is 0 Å². The third-order valence-corrected chi connectivity index (χ3v) is 6.79. The van der Waals surface area contributed by atoms with Gasteiger partial charge in [-0.3, -0.25) is 10.0 Å². The Balaban J connectivity index is 1.70. The van der Waals surface area contributed by atoms with Gasteiger partial charge in [0.25, 0.3) is 10.0 Å². The number of aryl methyl sites for hydroxylation is 1. The van der Waals surface area contributed by atoms with Gasteiger partial charge in [0.05, 0.1) is 23.8 Å². The fourth-order valence-electron chi connectivity index (χ4n) is 4.00. The van der Waals surface area contributed by atoms with Crippen LogP contribution in [0.15, 0.2) is 65.6 Å². The first kappa shape index (κ1) is 23.4. The number of aromatic nitrogens is 1. The molecule has 0 saturated carbocycles. The number of fused-ring (bicyclic) bond motifs is 3. The second kappa shape index (κ2) is 9.64. The van der Waals surface area contributed by atoms with E-state index in [1.54, 1.807) is 19.9 Å². The number of carbonyl (C=O) groups excluding carboxylic acids is 1. The molecule has 0 unspecified atom stereocenters. The van der Waals surface area contributed by atoms with Crippen molar-refractivity contribution < 1.29 is 22.7 Å². The summed E-state index contributed by atoms with van der Waals surface area (Å²) < 4.78 is 41.7. The van der Waals surface area contributed by atoms with Crippen LogP contribution in [0, 0.1) is 0 Å². The molecule has 1 amide bonds. The number of ether oxygens (including phenoxy) is 2. The maximum atomic E-state index is 13.2. The van der Waals surface area contributed by atoms with Crippen LogP contribution in [0.2, 0.25) is 0 Å². The summed E-state index contributed by atoms with van der Waals surface area (Å²) in [5.74, 6) is 0.350. The van der Waals surface area contributed by atoms with Crippen LogP contribution in [-0.4, -0.2) is 32.3 Å². The molecule has 0 fully saturated rings. The molecule has 4 aromatic rings. The highest BCUT2D eigenvalue weighted by Crippen LogP contribution is 2.33. The van der Waals surface area contributed by atoms with Gasteiger partial charge in [0.2, 0.25) is 0 Å². The Hall–Kier alpha value is -3.72. The van der Waals surface area contributed by atoms with E-state index in [2.05, 4.69) is 27.6 Å². The van der Waals surface area contributed by atoms with Crippen LogP contribution < -0.4 is 14.8 Å². The fraction of sp³-hybridized carbons (Fsp3) is 0.240. The number of sulfonamides is 1. The summed E-state index contributed by atoms with van der Waals surface area (Å²) in [5, 5.41) is 4.57. The molecule has 9 heteroatoms. The number of nitrogens with one attached hydrogen (secondary N) is 2. The topological polar surface area (TPSA) is 98.7 Å². The number of para-hydroxylation sites is 1. The Morgan fingerprint density at radius 2 is 1.68 bits per heavy atom. The lowest BCUT2D eigenvalue weighted by molar-refractivity contribution is 0.167. The van der Waals surface area contributed by atoms with E-state index in [1.807, 2.05) is 30.3 Å². The third-order valence-electron chi connectivity index (χ3n) is 5.41. The minimum Gasteiger partial charge on any atom is -0.492 e. The molecule has 4 rings (SSSR count). The zero-order chi connectivity index (χ0) is 24.3. The molecule has 0 atom stereocenters. The van der Waals surface area contributed by atoms with Crippen LogP contribution in [0.4, 0.5) is 16.2 Å². The van der Waals surface area contributed by atoms with Crippen molar-refractivity contribution in [3.05, 3.63) is 60.7 Å². The van der Waals surface area contributed by atoms with Crippen molar-refractivity contribution in [3.63, 3.8) is 0 Å². The van der Waals surface area contributed by atoms with Crippen molar-refractivity contribution in [3.8, 4) is 5.75 Å². The Bertz CT molecular complexity index is 1460. The van der Waals surface area contributed by atoms with Crippen molar-refractivity contribution in [1.82, 2.24) is 4.57 Å². The largest absolute Gasteiger partial charge is 0.492 e. The van der Waals surface area contributed by atoms with Gasteiger partial charge in [0.15, 0.2) is 0 Å². The number of hydrogen-bond acceptors (Lipinski definition) is 5. The number of amides is 1. The maximum absolute atomic E-state index is 13.2. The molecule has 0 spiro atoms. The smallest absolute Gasteiger partial charge is 0.411 e. The molecule has 8 nitrogen and oxygen atoms in total. The Morgan fingerprint density at radius 3 is 2.41 bits per heavy atom. The highest BCUT2D eigenvalue weighted by atomic mass is 32.2. The summed E-state index contributed by atoms with van der Waals surface area (Å²) in [6.07, 6.45) is -0.691. The first-order valence-electron chi connectivity index (χ1n) is 11.1. The Morgan fingerprint density at radius 1 is 0.912 bits per heavy atom. The van der Waals surface area contributed by atoms with E-state index in [1.165, 1.54) is 18.2 Å². The van der Waals surface area contributed by atoms with Crippen molar-refractivity contribution >= 4 is 49.3 Å². The van der Waals surface area contributed by atoms with Crippen molar-refractivity contribution in [2.45, 2.75) is 32.2 Å². The predicted molar refractivity (Wildman–Crippen MR) is 134 cm³/mol.